The molecule has 1 heterocycles. The van der Waals surface area contributed by atoms with Crippen molar-refractivity contribution in [3.63, 3.8) is 0 Å². The lowest BCUT2D eigenvalue weighted by Crippen LogP contribution is -2.06. The van der Waals surface area contributed by atoms with Crippen LogP contribution in [0, 0.1) is 44.2 Å². The third-order valence-electron chi connectivity index (χ3n) is 4.18. The number of rotatable bonds is 3. The van der Waals surface area contributed by atoms with Gasteiger partial charge in [0.05, 0.1) is 26.9 Å². The zero-order chi connectivity index (χ0) is 21.0. The van der Waals surface area contributed by atoms with Crippen LogP contribution < -0.4 is 0 Å². The molecule has 1 aliphatic rings. The van der Waals surface area contributed by atoms with E-state index in [2.05, 4.69) is 31.0 Å². The summed E-state index contributed by atoms with van der Waals surface area (Å²) in [6, 6.07) is 5.27. The van der Waals surface area contributed by atoms with Gasteiger partial charge in [0.2, 0.25) is 0 Å². The fraction of sp³-hybridized carbons (Fsp3) is 0.235. The Morgan fingerprint density at radius 1 is 0.929 bits per heavy atom. The lowest BCUT2D eigenvalue weighted by molar-refractivity contribution is -0.404. The van der Waals surface area contributed by atoms with Crippen molar-refractivity contribution in [1.29, 1.82) is 0 Å². The first-order valence-electron chi connectivity index (χ1n) is 8.02. The molecule has 11 nitrogen and oxygen atoms in total. The summed E-state index contributed by atoms with van der Waals surface area (Å²) in [5.41, 5.74) is 2.59. The first-order valence-corrected chi connectivity index (χ1v) is 8.02. The highest BCUT2D eigenvalue weighted by molar-refractivity contribution is 5.85. The molecule has 2 aromatic rings. The van der Waals surface area contributed by atoms with E-state index in [1.165, 1.54) is 22.3 Å². The summed E-state index contributed by atoms with van der Waals surface area (Å²) in [6.45, 7) is 5.28. The molecule has 146 valence electrons. The Morgan fingerprint density at radius 3 is 1.93 bits per heavy atom. The number of hydrogen-bond donors (Lipinski definition) is 1. The molecule has 0 aromatic heterocycles. The molecular formula is C17H16N4O7. The average molecular weight is 388 g/mol. The number of fused-ring (bicyclic) bond motifs is 1. The number of aryl methyl sites for hydroxylation is 2. The maximum absolute atomic E-state index is 10.4. The van der Waals surface area contributed by atoms with Crippen molar-refractivity contribution in [3.8, 4) is 5.75 Å². The number of hydrogen-bond acceptors (Lipinski definition) is 8. The topological polar surface area (TPSA) is 162 Å². The number of benzene rings is 2. The molecule has 28 heavy (non-hydrogen) atoms. The van der Waals surface area contributed by atoms with Crippen molar-refractivity contribution in [3.05, 3.63) is 76.9 Å². The summed E-state index contributed by atoms with van der Waals surface area (Å²) < 4.78 is 0. The highest BCUT2D eigenvalue weighted by Crippen LogP contribution is 2.38. The van der Waals surface area contributed by atoms with Crippen LogP contribution in [-0.2, 0) is 6.42 Å². The van der Waals surface area contributed by atoms with Crippen LogP contribution in [0.4, 0.5) is 17.1 Å². The van der Waals surface area contributed by atoms with Gasteiger partial charge in [-0.1, -0.05) is 12.1 Å². The van der Waals surface area contributed by atoms with E-state index in [1.807, 2.05) is 6.21 Å². The average Bonchev–Trinajstić information content (AvgIpc) is 2.65. The molecule has 0 atom stereocenters. The number of aromatic hydroxyl groups is 1. The standard InChI is InChI=1S/C11H13N.C6H3N3O7/c1-8-3-4-9(2)11-7-12-6-5-10(8)11;10-6-4(8(13)14)1-3(7(11)12)2-5(6)9(15)16/h3-4,7H,5-6H2,1-2H3;1-2,10H. The van der Waals surface area contributed by atoms with Gasteiger partial charge < -0.3 is 5.11 Å². The van der Waals surface area contributed by atoms with E-state index in [1.54, 1.807) is 0 Å². The van der Waals surface area contributed by atoms with Gasteiger partial charge in [-0.05, 0) is 42.5 Å². The molecule has 0 saturated heterocycles. The van der Waals surface area contributed by atoms with Crippen molar-refractivity contribution in [2.45, 2.75) is 20.3 Å². The number of phenols is 1. The predicted molar refractivity (Wildman–Crippen MR) is 100 cm³/mol. The van der Waals surface area contributed by atoms with Crippen LogP contribution in [0.5, 0.6) is 5.75 Å². The summed E-state index contributed by atoms with van der Waals surface area (Å²) in [4.78, 5) is 32.1. The van der Waals surface area contributed by atoms with E-state index < -0.39 is 37.6 Å². The zero-order valence-electron chi connectivity index (χ0n) is 15.0. The summed E-state index contributed by atoms with van der Waals surface area (Å²) in [7, 11) is 0. The second-order valence-corrected chi connectivity index (χ2v) is 5.98. The molecule has 0 radical (unpaired) electrons. The minimum Gasteiger partial charge on any atom is -0.497 e. The van der Waals surface area contributed by atoms with Crippen molar-refractivity contribution in [1.82, 2.24) is 0 Å². The second kappa shape index (κ2) is 8.20. The normalized spacial score (nSPS) is 11.8. The van der Waals surface area contributed by atoms with E-state index in [0.29, 0.717) is 12.1 Å². The Balaban J connectivity index is 0.000000207. The number of nitro benzene ring substituents is 3. The number of aliphatic imine (C=N–C) groups is 1. The van der Waals surface area contributed by atoms with Gasteiger partial charge in [0, 0.05) is 12.8 Å². The van der Waals surface area contributed by atoms with E-state index in [0.717, 1.165) is 13.0 Å². The maximum atomic E-state index is 10.4. The number of non-ortho nitro benzene ring substituents is 1. The van der Waals surface area contributed by atoms with Crippen molar-refractivity contribution < 1.29 is 19.9 Å². The molecule has 0 amide bonds. The Hall–Kier alpha value is -3.89. The van der Waals surface area contributed by atoms with Gasteiger partial charge in [0.25, 0.3) is 11.4 Å². The number of nitro groups is 3. The van der Waals surface area contributed by atoms with Crippen LogP contribution in [0.3, 0.4) is 0 Å². The van der Waals surface area contributed by atoms with Gasteiger partial charge >= 0.3 is 11.4 Å². The van der Waals surface area contributed by atoms with Crippen LogP contribution >= 0.6 is 0 Å². The van der Waals surface area contributed by atoms with Crippen LogP contribution in [-0.4, -0.2) is 32.6 Å². The summed E-state index contributed by atoms with van der Waals surface area (Å²) in [5.74, 6) is -1.21. The second-order valence-electron chi connectivity index (χ2n) is 5.98. The smallest absolute Gasteiger partial charge is 0.324 e. The molecule has 0 saturated carbocycles. The predicted octanol–water partition coefficient (Wildman–Crippen LogP) is 3.40. The fourth-order valence-corrected chi connectivity index (χ4v) is 2.71. The maximum Gasteiger partial charge on any atom is 0.324 e. The van der Waals surface area contributed by atoms with Crippen LogP contribution in [0.15, 0.2) is 29.3 Å². The van der Waals surface area contributed by atoms with Crippen molar-refractivity contribution in [2.24, 2.45) is 4.99 Å². The molecule has 1 aliphatic heterocycles. The first kappa shape index (κ1) is 20.4. The van der Waals surface area contributed by atoms with Crippen molar-refractivity contribution in [2.75, 3.05) is 6.54 Å². The molecule has 0 aliphatic carbocycles. The Bertz CT molecular complexity index is 966. The molecule has 3 rings (SSSR count). The Morgan fingerprint density at radius 2 is 1.46 bits per heavy atom. The third-order valence-corrected chi connectivity index (χ3v) is 4.18. The fourth-order valence-electron chi connectivity index (χ4n) is 2.71. The summed E-state index contributed by atoms with van der Waals surface area (Å²) in [5, 5.41) is 40.2. The van der Waals surface area contributed by atoms with Gasteiger partial charge in [-0.2, -0.15) is 0 Å². The number of nitrogens with zero attached hydrogens (tertiary/aromatic N) is 4. The minimum atomic E-state index is -1.21. The third kappa shape index (κ3) is 4.26. The highest BCUT2D eigenvalue weighted by Gasteiger charge is 2.30. The molecular weight excluding hydrogens is 372 g/mol. The van der Waals surface area contributed by atoms with E-state index >= 15 is 0 Å². The SMILES string of the molecule is Cc1ccc(C)c2c1C=NCC2.O=[N+]([O-])c1cc([N+](=O)[O-])c(O)c([N+](=O)[O-])c1. The molecule has 0 bridgehead atoms. The summed E-state index contributed by atoms with van der Waals surface area (Å²) >= 11 is 0. The highest BCUT2D eigenvalue weighted by atomic mass is 16.6. The molecule has 0 fully saturated rings. The molecule has 1 N–H and O–H groups in total. The van der Waals surface area contributed by atoms with E-state index in [-0.39, 0.29) is 0 Å². The van der Waals surface area contributed by atoms with Crippen LogP contribution in [0.2, 0.25) is 0 Å². The van der Waals surface area contributed by atoms with Gasteiger partial charge in [-0.15, -0.1) is 0 Å². The van der Waals surface area contributed by atoms with Crippen LogP contribution in [0.1, 0.15) is 22.3 Å². The van der Waals surface area contributed by atoms with Gasteiger partial charge in [-0.25, -0.2) is 0 Å². The zero-order valence-corrected chi connectivity index (χ0v) is 15.0. The quantitative estimate of drug-likeness (QED) is 0.622. The largest absolute Gasteiger partial charge is 0.497 e. The van der Waals surface area contributed by atoms with Gasteiger partial charge in [0.1, 0.15) is 0 Å². The molecule has 0 spiro atoms. The molecule has 11 heteroatoms. The van der Waals surface area contributed by atoms with E-state index in [9.17, 15) is 30.3 Å². The lowest BCUT2D eigenvalue weighted by Gasteiger charge is -2.14. The Kier molecular flexibility index (Phi) is 5.98. The monoisotopic (exact) mass is 388 g/mol. The van der Waals surface area contributed by atoms with E-state index in [4.69, 9.17) is 5.11 Å². The first-order chi connectivity index (χ1) is 13.1. The van der Waals surface area contributed by atoms with Gasteiger partial charge in [0.15, 0.2) is 0 Å². The Labute approximate surface area is 158 Å². The van der Waals surface area contributed by atoms with Gasteiger partial charge in [-0.3, -0.25) is 35.3 Å². The van der Waals surface area contributed by atoms with Crippen molar-refractivity contribution >= 4 is 23.3 Å². The minimum absolute atomic E-state index is 0.447. The molecule has 2 aromatic carbocycles. The lowest BCUT2D eigenvalue weighted by atomic mass is 9.94. The molecule has 0 unspecified atom stereocenters. The van der Waals surface area contributed by atoms with Crippen LogP contribution in [0.25, 0.3) is 0 Å². The summed E-state index contributed by atoms with van der Waals surface area (Å²) in [6.07, 6.45) is 3.13. The number of phenolic OH excluding ortho intramolecular Hbond substituents is 1.